The molecule has 2 heteroatoms. The molecule has 0 aliphatic heterocycles. The Bertz CT molecular complexity index is 477. The fourth-order valence-electron chi connectivity index (χ4n) is 1.77. The number of hydrogen-bond donors (Lipinski definition) is 0. The van der Waals surface area contributed by atoms with Gasteiger partial charge in [0.2, 0.25) is 0 Å². The van der Waals surface area contributed by atoms with Crippen molar-refractivity contribution >= 4 is 15.9 Å². The van der Waals surface area contributed by atoms with Crippen LogP contribution in [0, 0.1) is 0 Å². The topological polar surface area (TPSA) is 9.23 Å². The molecule has 0 unspecified atom stereocenters. The maximum Gasteiger partial charge on any atom is 0.118 e. The summed E-state index contributed by atoms with van der Waals surface area (Å²) in [6.45, 7) is 0. The minimum Gasteiger partial charge on any atom is -0.497 e. The summed E-state index contributed by atoms with van der Waals surface area (Å²) >= 11 is 3.49. The molecule has 0 radical (unpaired) electrons. The first-order chi connectivity index (χ1) is 8.28. The number of hydrogen-bond acceptors (Lipinski definition) is 1. The van der Waals surface area contributed by atoms with Crippen LogP contribution in [0.5, 0.6) is 5.75 Å². The summed E-state index contributed by atoms with van der Waals surface area (Å²) in [5.74, 6) is 0.913. The number of rotatable bonds is 4. The average Bonchev–Trinajstić information content (AvgIpc) is 2.37. The molecule has 0 fully saturated rings. The van der Waals surface area contributed by atoms with E-state index in [4.69, 9.17) is 4.74 Å². The Morgan fingerprint density at radius 3 is 2.29 bits per heavy atom. The molecule has 1 nitrogen and oxygen atoms in total. The molecule has 2 rings (SSSR count). The molecule has 0 N–H and O–H groups in total. The van der Waals surface area contributed by atoms with Crippen molar-refractivity contribution in [2.24, 2.45) is 0 Å². The largest absolute Gasteiger partial charge is 0.497 e. The minimum absolute atomic E-state index is 0.913. The van der Waals surface area contributed by atoms with Crippen LogP contribution in [0.3, 0.4) is 0 Å². The van der Waals surface area contributed by atoms with Gasteiger partial charge in [0.1, 0.15) is 5.75 Å². The monoisotopic (exact) mass is 290 g/mol. The van der Waals surface area contributed by atoms with E-state index in [9.17, 15) is 0 Å². The molecule has 17 heavy (non-hydrogen) atoms. The van der Waals surface area contributed by atoms with Crippen molar-refractivity contribution < 1.29 is 4.74 Å². The highest BCUT2D eigenvalue weighted by Gasteiger charge is 1.97. The molecule has 0 saturated carbocycles. The molecule has 0 saturated heterocycles. The van der Waals surface area contributed by atoms with Gasteiger partial charge in [-0.3, -0.25) is 0 Å². The molecule has 0 spiro atoms. The van der Waals surface area contributed by atoms with E-state index in [1.807, 2.05) is 12.1 Å². The highest BCUT2D eigenvalue weighted by Crippen LogP contribution is 2.16. The maximum atomic E-state index is 5.14. The van der Waals surface area contributed by atoms with Gasteiger partial charge < -0.3 is 4.74 Å². The normalized spacial score (nSPS) is 10.2. The predicted octanol–water partition coefficient (Wildman–Crippen LogP) is 4.24. The lowest BCUT2D eigenvalue weighted by Crippen LogP contribution is -1.91. The first-order valence-corrected chi connectivity index (χ1v) is 6.44. The average molecular weight is 291 g/mol. The second-order valence-corrected chi connectivity index (χ2v) is 4.89. The van der Waals surface area contributed by atoms with Crippen LogP contribution in [0.4, 0.5) is 0 Å². The van der Waals surface area contributed by atoms with Gasteiger partial charge in [-0.2, -0.15) is 0 Å². The Hall–Kier alpha value is -1.28. The molecule has 0 heterocycles. The van der Waals surface area contributed by atoms with Crippen LogP contribution >= 0.6 is 15.9 Å². The summed E-state index contributed by atoms with van der Waals surface area (Å²) < 4.78 is 6.28. The Morgan fingerprint density at radius 2 is 1.65 bits per heavy atom. The summed E-state index contributed by atoms with van der Waals surface area (Å²) in [6.07, 6.45) is 2.12. The number of halogens is 1. The quantitative estimate of drug-likeness (QED) is 0.818. The molecular weight excluding hydrogens is 276 g/mol. The SMILES string of the molecule is COc1ccc(CCc2cccc(Br)c2)cc1. The van der Waals surface area contributed by atoms with Gasteiger partial charge in [0, 0.05) is 4.47 Å². The summed E-state index contributed by atoms with van der Waals surface area (Å²) in [4.78, 5) is 0. The third-order valence-corrected chi connectivity index (χ3v) is 3.24. The fraction of sp³-hybridized carbons (Fsp3) is 0.200. The predicted molar refractivity (Wildman–Crippen MR) is 74.5 cm³/mol. The van der Waals surface area contributed by atoms with Crippen molar-refractivity contribution in [1.29, 1.82) is 0 Å². The summed E-state index contributed by atoms with van der Waals surface area (Å²) in [5.41, 5.74) is 2.70. The Labute approximate surface area is 111 Å². The van der Waals surface area contributed by atoms with Crippen LogP contribution in [0.1, 0.15) is 11.1 Å². The zero-order valence-corrected chi connectivity index (χ0v) is 11.4. The first-order valence-electron chi connectivity index (χ1n) is 5.65. The van der Waals surface area contributed by atoms with Gasteiger partial charge >= 0.3 is 0 Å². The van der Waals surface area contributed by atoms with Gasteiger partial charge in [-0.1, -0.05) is 40.2 Å². The smallest absolute Gasteiger partial charge is 0.118 e. The lowest BCUT2D eigenvalue weighted by atomic mass is 10.0. The lowest BCUT2D eigenvalue weighted by Gasteiger charge is -2.04. The fourth-order valence-corrected chi connectivity index (χ4v) is 2.22. The number of aryl methyl sites for hydroxylation is 2. The molecule has 2 aromatic carbocycles. The summed E-state index contributed by atoms with van der Waals surface area (Å²) in [6, 6.07) is 16.7. The van der Waals surface area contributed by atoms with Crippen LogP contribution in [-0.2, 0) is 12.8 Å². The van der Waals surface area contributed by atoms with E-state index in [2.05, 4.69) is 52.3 Å². The van der Waals surface area contributed by atoms with Gasteiger partial charge in [0.05, 0.1) is 7.11 Å². The summed E-state index contributed by atoms with van der Waals surface area (Å²) in [7, 11) is 1.69. The lowest BCUT2D eigenvalue weighted by molar-refractivity contribution is 0.414. The van der Waals surface area contributed by atoms with Crippen LogP contribution in [0.15, 0.2) is 53.0 Å². The molecule has 0 aliphatic carbocycles. The van der Waals surface area contributed by atoms with Gasteiger partial charge in [0.15, 0.2) is 0 Å². The molecular formula is C15H15BrO. The third kappa shape index (κ3) is 3.60. The zero-order chi connectivity index (χ0) is 12.1. The molecule has 0 amide bonds. The van der Waals surface area contributed by atoms with Gasteiger partial charge in [-0.05, 0) is 48.2 Å². The molecule has 0 bridgehead atoms. The van der Waals surface area contributed by atoms with E-state index < -0.39 is 0 Å². The second-order valence-electron chi connectivity index (χ2n) is 3.98. The van der Waals surface area contributed by atoms with Crippen LogP contribution in [0.2, 0.25) is 0 Å². The molecule has 0 atom stereocenters. The standard InChI is InChI=1S/C15H15BrO/c1-17-15-9-7-12(8-10-15)5-6-13-3-2-4-14(16)11-13/h2-4,7-11H,5-6H2,1H3. The van der Waals surface area contributed by atoms with E-state index in [0.29, 0.717) is 0 Å². The Balaban J connectivity index is 1.97. The van der Waals surface area contributed by atoms with Gasteiger partial charge in [-0.25, -0.2) is 0 Å². The third-order valence-electron chi connectivity index (χ3n) is 2.75. The zero-order valence-electron chi connectivity index (χ0n) is 9.82. The highest BCUT2D eigenvalue weighted by atomic mass is 79.9. The van der Waals surface area contributed by atoms with Gasteiger partial charge in [-0.15, -0.1) is 0 Å². The van der Waals surface area contributed by atoms with Crippen LogP contribution in [0.25, 0.3) is 0 Å². The van der Waals surface area contributed by atoms with Crippen LogP contribution < -0.4 is 4.74 Å². The molecule has 0 aliphatic rings. The van der Waals surface area contributed by atoms with Crippen molar-refractivity contribution in [1.82, 2.24) is 0 Å². The van der Waals surface area contributed by atoms with E-state index >= 15 is 0 Å². The second kappa shape index (κ2) is 5.87. The van der Waals surface area contributed by atoms with Crippen molar-refractivity contribution in [2.45, 2.75) is 12.8 Å². The molecule has 0 aromatic heterocycles. The van der Waals surface area contributed by atoms with E-state index in [-0.39, 0.29) is 0 Å². The first kappa shape index (κ1) is 12.2. The number of methoxy groups -OCH3 is 1. The summed E-state index contributed by atoms with van der Waals surface area (Å²) in [5, 5.41) is 0. The van der Waals surface area contributed by atoms with E-state index in [1.54, 1.807) is 7.11 Å². The van der Waals surface area contributed by atoms with Gasteiger partial charge in [0.25, 0.3) is 0 Å². The van der Waals surface area contributed by atoms with E-state index in [1.165, 1.54) is 11.1 Å². The van der Waals surface area contributed by atoms with Crippen LogP contribution in [-0.4, -0.2) is 7.11 Å². The highest BCUT2D eigenvalue weighted by molar-refractivity contribution is 9.10. The Kier molecular flexibility index (Phi) is 4.21. The molecule has 2 aromatic rings. The van der Waals surface area contributed by atoms with E-state index in [0.717, 1.165) is 23.1 Å². The maximum absolute atomic E-state index is 5.14. The number of ether oxygens (including phenoxy) is 1. The van der Waals surface area contributed by atoms with Crippen molar-refractivity contribution in [3.8, 4) is 5.75 Å². The number of benzene rings is 2. The van der Waals surface area contributed by atoms with Crippen molar-refractivity contribution in [3.63, 3.8) is 0 Å². The molecule has 88 valence electrons. The van der Waals surface area contributed by atoms with Crippen molar-refractivity contribution in [2.75, 3.05) is 7.11 Å². The minimum atomic E-state index is 0.913. The van der Waals surface area contributed by atoms with Crippen molar-refractivity contribution in [3.05, 3.63) is 64.1 Å². The Morgan fingerprint density at radius 1 is 0.941 bits per heavy atom.